The van der Waals surface area contributed by atoms with Crippen LogP contribution in [0, 0.1) is 18.6 Å². The Kier molecular flexibility index (Phi) is 3.15. The molecule has 0 bridgehead atoms. The lowest BCUT2D eigenvalue weighted by Gasteiger charge is -2.11. The van der Waals surface area contributed by atoms with E-state index >= 15 is 0 Å². The summed E-state index contributed by atoms with van der Waals surface area (Å²) >= 11 is 3.23. The van der Waals surface area contributed by atoms with Gasteiger partial charge in [-0.2, -0.15) is 0 Å². The minimum Gasteiger partial charge on any atom is -0.396 e. The molecule has 4 heteroatoms. The van der Waals surface area contributed by atoms with Crippen molar-refractivity contribution in [1.82, 2.24) is 0 Å². The quantitative estimate of drug-likeness (QED) is 0.781. The summed E-state index contributed by atoms with van der Waals surface area (Å²) in [5, 5.41) is 0. The zero-order chi connectivity index (χ0) is 12.6. The Hall–Kier alpha value is -1.42. The predicted molar refractivity (Wildman–Crippen MR) is 68.6 cm³/mol. The summed E-state index contributed by atoms with van der Waals surface area (Å²) in [5.74, 6) is -0.938. The van der Waals surface area contributed by atoms with Gasteiger partial charge in [0, 0.05) is 21.2 Å². The van der Waals surface area contributed by atoms with Crippen molar-refractivity contribution >= 4 is 21.6 Å². The second kappa shape index (κ2) is 4.45. The first kappa shape index (κ1) is 12.0. The minimum atomic E-state index is -0.516. The number of benzene rings is 2. The third-order valence-corrected chi connectivity index (χ3v) is 3.47. The fraction of sp³-hybridized carbons (Fsp3) is 0.0769. The zero-order valence-electron chi connectivity index (χ0n) is 9.10. The summed E-state index contributed by atoms with van der Waals surface area (Å²) < 4.78 is 28.0. The molecule has 17 heavy (non-hydrogen) atoms. The van der Waals surface area contributed by atoms with Crippen LogP contribution in [0.1, 0.15) is 5.56 Å². The maximum atomic E-state index is 13.8. The Labute approximate surface area is 106 Å². The Balaban J connectivity index is 2.73. The van der Waals surface area contributed by atoms with Crippen molar-refractivity contribution < 1.29 is 8.78 Å². The van der Waals surface area contributed by atoms with E-state index in [1.807, 2.05) is 0 Å². The van der Waals surface area contributed by atoms with Crippen LogP contribution in [-0.4, -0.2) is 0 Å². The van der Waals surface area contributed by atoms with Gasteiger partial charge in [0.25, 0.3) is 0 Å². The highest BCUT2D eigenvalue weighted by Gasteiger charge is 2.15. The van der Waals surface area contributed by atoms with Gasteiger partial charge in [-0.05, 0) is 19.1 Å². The van der Waals surface area contributed by atoms with E-state index in [-0.39, 0.29) is 5.69 Å². The third kappa shape index (κ3) is 2.05. The van der Waals surface area contributed by atoms with Crippen LogP contribution < -0.4 is 5.73 Å². The summed E-state index contributed by atoms with van der Waals surface area (Å²) in [6.45, 7) is 1.61. The Morgan fingerprint density at radius 2 is 1.76 bits per heavy atom. The van der Waals surface area contributed by atoms with Gasteiger partial charge in [0.1, 0.15) is 5.82 Å². The first-order valence-electron chi connectivity index (χ1n) is 5.01. The normalized spacial score (nSPS) is 10.6. The number of rotatable bonds is 1. The molecule has 0 aromatic heterocycles. The fourth-order valence-corrected chi connectivity index (χ4v) is 2.04. The van der Waals surface area contributed by atoms with E-state index in [0.29, 0.717) is 21.2 Å². The number of hydrogen-bond donors (Lipinski definition) is 1. The molecule has 0 atom stereocenters. The lowest BCUT2D eigenvalue weighted by atomic mass is 10.0. The van der Waals surface area contributed by atoms with Gasteiger partial charge in [-0.15, -0.1) is 0 Å². The van der Waals surface area contributed by atoms with Gasteiger partial charge in [-0.25, -0.2) is 8.78 Å². The summed E-state index contributed by atoms with van der Waals surface area (Å²) in [6.07, 6.45) is 0. The largest absolute Gasteiger partial charge is 0.396 e. The van der Waals surface area contributed by atoms with Gasteiger partial charge in [0.05, 0.1) is 5.69 Å². The molecule has 88 valence electrons. The van der Waals surface area contributed by atoms with Crippen molar-refractivity contribution in [2.45, 2.75) is 6.92 Å². The molecule has 0 radical (unpaired) electrons. The van der Waals surface area contributed by atoms with E-state index in [2.05, 4.69) is 15.9 Å². The first-order valence-corrected chi connectivity index (χ1v) is 5.80. The highest BCUT2D eigenvalue weighted by molar-refractivity contribution is 9.10. The molecular formula is C13H10BrF2N. The van der Waals surface area contributed by atoms with Crippen molar-refractivity contribution in [3.8, 4) is 11.1 Å². The molecule has 0 aliphatic carbocycles. The summed E-state index contributed by atoms with van der Waals surface area (Å²) in [4.78, 5) is 0. The number of nitrogens with two attached hydrogens (primary N) is 1. The monoisotopic (exact) mass is 297 g/mol. The van der Waals surface area contributed by atoms with Crippen LogP contribution >= 0.6 is 15.9 Å². The highest BCUT2D eigenvalue weighted by Crippen LogP contribution is 2.35. The van der Waals surface area contributed by atoms with Crippen LogP contribution in [0.25, 0.3) is 11.1 Å². The molecule has 0 heterocycles. The summed E-state index contributed by atoms with van der Waals surface area (Å²) in [6, 6.07) is 7.78. The van der Waals surface area contributed by atoms with Gasteiger partial charge in [-0.3, -0.25) is 0 Å². The van der Waals surface area contributed by atoms with Gasteiger partial charge in [0.15, 0.2) is 5.82 Å². The molecule has 0 spiro atoms. The van der Waals surface area contributed by atoms with Gasteiger partial charge >= 0.3 is 0 Å². The van der Waals surface area contributed by atoms with Crippen LogP contribution in [0.15, 0.2) is 34.8 Å². The topological polar surface area (TPSA) is 26.0 Å². The zero-order valence-corrected chi connectivity index (χ0v) is 10.7. The van der Waals surface area contributed by atoms with Crippen LogP contribution in [0.4, 0.5) is 14.5 Å². The van der Waals surface area contributed by atoms with Gasteiger partial charge in [0.2, 0.25) is 0 Å². The van der Waals surface area contributed by atoms with E-state index in [9.17, 15) is 8.78 Å². The van der Waals surface area contributed by atoms with Crippen LogP contribution in [0.5, 0.6) is 0 Å². The van der Waals surface area contributed by atoms with Crippen molar-refractivity contribution in [2.24, 2.45) is 0 Å². The van der Waals surface area contributed by atoms with Crippen molar-refractivity contribution in [3.05, 3.63) is 52.0 Å². The molecule has 0 unspecified atom stereocenters. The molecule has 0 saturated carbocycles. The number of hydrogen-bond acceptors (Lipinski definition) is 1. The van der Waals surface area contributed by atoms with Crippen LogP contribution in [-0.2, 0) is 0 Å². The van der Waals surface area contributed by atoms with Crippen molar-refractivity contribution in [2.75, 3.05) is 5.73 Å². The lowest BCUT2D eigenvalue weighted by molar-refractivity contribution is 0.620. The van der Waals surface area contributed by atoms with Crippen molar-refractivity contribution in [3.63, 3.8) is 0 Å². The number of halogens is 3. The van der Waals surface area contributed by atoms with Gasteiger partial charge in [-0.1, -0.05) is 34.1 Å². The van der Waals surface area contributed by atoms with E-state index in [1.165, 1.54) is 6.07 Å². The SMILES string of the molecule is Cc1c(Br)cc(-c2ccccc2F)c(N)c1F. The lowest BCUT2D eigenvalue weighted by Crippen LogP contribution is -1.99. The van der Waals surface area contributed by atoms with Crippen molar-refractivity contribution in [1.29, 1.82) is 0 Å². The Bertz CT molecular complexity index is 582. The van der Waals surface area contributed by atoms with E-state index < -0.39 is 11.6 Å². The molecule has 2 N–H and O–H groups in total. The molecule has 0 aliphatic heterocycles. The molecule has 1 nitrogen and oxygen atoms in total. The molecule has 0 aliphatic rings. The number of nitrogen functional groups attached to an aromatic ring is 1. The van der Waals surface area contributed by atoms with Crippen LogP contribution in [0.3, 0.4) is 0 Å². The van der Waals surface area contributed by atoms with E-state index in [1.54, 1.807) is 31.2 Å². The standard InChI is InChI=1S/C13H10BrF2N/c1-7-10(14)6-9(13(17)12(7)16)8-4-2-3-5-11(8)15/h2-6H,17H2,1H3. The smallest absolute Gasteiger partial charge is 0.150 e. The highest BCUT2D eigenvalue weighted by atomic mass is 79.9. The second-order valence-corrected chi connectivity index (χ2v) is 4.59. The summed E-state index contributed by atoms with van der Waals surface area (Å²) in [5.41, 5.74) is 6.73. The first-order chi connectivity index (χ1) is 8.02. The average molecular weight is 298 g/mol. The van der Waals surface area contributed by atoms with E-state index in [0.717, 1.165) is 0 Å². The maximum Gasteiger partial charge on any atom is 0.150 e. The van der Waals surface area contributed by atoms with Crippen LogP contribution in [0.2, 0.25) is 0 Å². The molecule has 0 fully saturated rings. The molecule has 0 amide bonds. The molecule has 0 saturated heterocycles. The predicted octanol–water partition coefficient (Wildman–Crippen LogP) is 4.28. The maximum absolute atomic E-state index is 13.8. The Morgan fingerprint density at radius 1 is 1.12 bits per heavy atom. The molecule has 2 rings (SSSR count). The number of anilines is 1. The third-order valence-electron chi connectivity index (χ3n) is 2.65. The Morgan fingerprint density at radius 3 is 2.41 bits per heavy atom. The molecular weight excluding hydrogens is 288 g/mol. The van der Waals surface area contributed by atoms with Gasteiger partial charge < -0.3 is 5.73 Å². The molecule has 2 aromatic rings. The fourth-order valence-electron chi connectivity index (χ4n) is 1.64. The average Bonchev–Trinajstić information content (AvgIpc) is 2.32. The van der Waals surface area contributed by atoms with E-state index in [4.69, 9.17) is 5.73 Å². The minimum absolute atomic E-state index is 0.0317. The molecule has 2 aromatic carbocycles. The second-order valence-electron chi connectivity index (χ2n) is 3.74. The summed E-state index contributed by atoms with van der Waals surface area (Å²) in [7, 11) is 0.